The van der Waals surface area contributed by atoms with Gasteiger partial charge in [-0.05, 0) is 55.2 Å². The van der Waals surface area contributed by atoms with Gasteiger partial charge in [0, 0.05) is 11.9 Å². The number of anilines is 2. The lowest BCUT2D eigenvalue weighted by Crippen LogP contribution is -1.97. The largest absolute Gasteiger partial charge is 0.340 e. The van der Waals surface area contributed by atoms with E-state index in [0.717, 1.165) is 17.9 Å². The number of hydrogen-bond donors (Lipinski definition) is 1. The number of pyridine rings is 1. The van der Waals surface area contributed by atoms with Crippen molar-refractivity contribution < 1.29 is 0 Å². The molecule has 0 atom stereocenters. The van der Waals surface area contributed by atoms with Crippen molar-refractivity contribution >= 4 is 11.5 Å². The zero-order chi connectivity index (χ0) is 15.4. The maximum Gasteiger partial charge on any atom is 0.130 e. The first-order valence-electron chi connectivity index (χ1n) is 7.54. The number of para-hydroxylation sites is 1. The Bertz CT molecular complexity index is 761. The normalized spacial score (nSPS) is 10.5. The molecular weight excluding hydrogens is 268 g/mol. The number of nitrogens with zero attached hydrogens (tertiary/aromatic N) is 1. The van der Waals surface area contributed by atoms with Crippen molar-refractivity contribution in [2.75, 3.05) is 5.32 Å². The third-order valence-electron chi connectivity index (χ3n) is 3.76. The maximum atomic E-state index is 4.42. The average Bonchev–Trinajstić information content (AvgIpc) is 2.52. The van der Waals surface area contributed by atoms with Crippen molar-refractivity contribution in [1.82, 2.24) is 4.98 Å². The van der Waals surface area contributed by atoms with E-state index in [-0.39, 0.29) is 0 Å². The molecule has 0 radical (unpaired) electrons. The number of benzene rings is 2. The Labute approximate surface area is 131 Å². The summed E-state index contributed by atoms with van der Waals surface area (Å²) in [7, 11) is 0. The summed E-state index contributed by atoms with van der Waals surface area (Å²) in [4.78, 5) is 4.42. The van der Waals surface area contributed by atoms with E-state index in [0.29, 0.717) is 0 Å². The quantitative estimate of drug-likeness (QED) is 0.728. The minimum atomic E-state index is 0.888. The summed E-state index contributed by atoms with van der Waals surface area (Å²) in [6, 6.07) is 21.1. The second-order valence-corrected chi connectivity index (χ2v) is 5.65. The summed E-state index contributed by atoms with van der Waals surface area (Å²) >= 11 is 0. The molecule has 0 amide bonds. The van der Waals surface area contributed by atoms with Gasteiger partial charge in [0.1, 0.15) is 5.82 Å². The van der Waals surface area contributed by atoms with Crippen LogP contribution in [0.4, 0.5) is 11.5 Å². The molecule has 0 fully saturated rings. The van der Waals surface area contributed by atoms with Gasteiger partial charge in [-0.2, -0.15) is 0 Å². The van der Waals surface area contributed by atoms with Crippen LogP contribution in [-0.4, -0.2) is 4.98 Å². The van der Waals surface area contributed by atoms with Crippen LogP contribution >= 0.6 is 0 Å². The summed E-state index contributed by atoms with van der Waals surface area (Å²) in [6.07, 6.45) is 2.79. The fourth-order valence-corrected chi connectivity index (χ4v) is 2.45. The van der Waals surface area contributed by atoms with E-state index in [1.807, 2.05) is 18.3 Å². The lowest BCUT2D eigenvalue weighted by atomic mass is 10.0. The zero-order valence-electron chi connectivity index (χ0n) is 13.0. The Hall–Kier alpha value is -2.61. The van der Waals surface area contributed by atoms with Crippen molar-refractivity contribution in [3.63, 3.8) is 0 Å². The minimum absolute atomic E-state index is 0.888. The molecule has 0 aliphatic carbocycles. The van der Waals surface area contributed by atoms with Crippen LogP contribution in [0.25, 0.3) is 0 Å². The average molecular weight is 288 g/mol. The molecule has 1 N–H and O–H groups in total. The van der Waals surface area contributed by atoms with E-state index in [4.69, 9.17) is 0 Å². The first-order valence-corrected chi connectivity index (χ1v) is 7.54. The Kier molecular flexibility index (Phi) is 4.19. The van der Waals surface area contributed by atoms with Gasteiger partial charge in [-0.25, -0.2) is 4.98 Å². The molecule has 0 aliphatic rings. The van der Waals surface area contributed by atoms with Crippen LogP contribution in [0.1, 0.15) is 22.3 Å². The Morgan fingerprint density at radius 1 is 0.864 bits per heavy atom. The highest BCUT2D eigenvalue weighted by Crippen LogP contribution is 2.20. The van der Waals surface area contributed by atoms with E-state index in [1.165, 1.54) is 22.3 Å². The maximum absolute atomic E-state index is 4.42. The number of hydrogen-bond acceptors (Lipinski definition) is 2. The van der Waals surface area contributed by atoms with Gasteiger partial charge in [0.2, 0.25) is 0 Å². The molecule has 2 aromatic carbocycles. The Morgan fingerprint density at radius 3 is 2.41 bits per heavy atom. The fraction of sp³-hybridized carbons (Fsp3) is 0.150. The second kappa shape index (κ2) is 6.44. The van der Waals surface area contributed by atoms with Gasteiger partial charge in [0.05, 0.1) is 0 Å². The molecule has 3 aromatic rings. The number of rotatable bonds is 4. The molecule has 22 heavy (non-hydrogen) atoms. The van der Waals surface area contributed by atoms with Gasteiger partial charge in [0.15, 0.2) is 0 Å². The molecule has 0 bridgehead atoms. The molecule has 2 nitrogen and oxygen atoms in total. The number of aryl methyl sites for hydroxylation is 2. The van der Waals surface area contributed by atoms with E-state index < -0.39 is 0 Å². The first-order chi connectivity index (χ1) is 10.7. The lowest BCUT2D eigenvalue weighted by Gasteiger charge is -2.10. The van der Waals surface area contributed by atoms with Crippen LogP contribution < -0.4 is 5.32 Å². The highest BCUT2D eigenvalue weighted by atomic mass is 15.0. The molecule has 0 saturated carbocycles. The number of aromatic nitrogens is 1. The van der Waals surface area contributed by atoms with Gasteiger partial charge in [-0.3, -0.25) is 0 Å². The van der Waals surface area contributed by atoms with Crippen LogP contribution in [0.2, 0.25) is 0 Å². The molecule has 3 rings (SSSR count). The molecule has 0 unspecified atom stereocenters. The van der Waals surface area contributed by atoms with Crippen LogP contribution in [0.5, 0.6) is 0 Å². The molecule has 2 heteroatoms. The molecular formula is C20H20N2. The summed E-state index contributed by atoms with van der Waals surface area (Å²) in [5, 5.41) is 3.40. The summed E-state index contributed by atoms with van der Waals surface area (Å²) < 4.78 is 0. The summed E-state index contributed by atoms with van der Waals surface area (Å²) in [6.45, 7) is 4.21. The van der Waals surface area contributed by atoms with E-state index in [2.05, 4.69) is 72.7 Å². The first kappa shape index (κ1) is 14.3. The summed E-state index contributed by atoms with van der Waals surface area (Å²) in [5.74, 6) is 0.888. The Morgan fingerprint density at radius 2 is 1.64 bits per heavy atom. The van der Waals surface area contributed by atoms with E-state index in [9.17, 15) is 0 Å². The summed E-state index contributed by atoms with van der Waals surface area (Å²) in [5.41, 5.74) is 6.18. The smallest absolute Gasteiger partial charge is 0.130 e. The minimum Gasteiger partial charge on any atom is -0.340 e. The van der Waals surface area contributed by atoms with Gasteiger partial charge in [-0.1, -0.05) is 48.0 Å². The second-order valence-electron chi connectivity index (χ2n) is 5.65. The van der Waals surface area contributed by atoms with E-state index >= 15 is 0 Å². The third-order valence-corrected chi connectivity index (χ3v) is 3.76. The lowest BCUT2D eigenvalue weighted by molar-refractivity contribution is 1.16. The van der Waals surface area contributed by atoms with Gasteiger partial charge in [-0.15, -0.1) is 0 Å². The fourth-order valence-electron chi connectivity index (χ4n) is 2.45. The van der Waals surface area contributed by atoms with Crippen molar-refractivity contribution in [1.29, 1.82) is 0 Å². The topological polar surface area (TPSA) is 24.9 Å². The number of nitrogens with one attached hydrogen (secondary N) is 1. The van der Waals surface area contributed by atoms with Gasteiger partial charge < -0.3 is 5.32 Å². The third kappa shape index (κ3) is 3.53. The highest BCUT2D eigenvalue weighted by Gasteiger charge is 2.02. The van der Waals surface area contributed by atoms with Crippen molar-refractivity contribution in [3.8, 4) is 0 Å². The van der Waals surface area contributed by atoms with Crippen LogP contribution in [0.15, 0.2) is 66.9 Å². The molecule has 0 spiro atoms. The predicted octanol–water partition coefficient (Wildman–Crippen LogP) is 5.03. The molecule has 1 aromatic heterocycles. The molecule has 0 saturated heterocycles. The monoisotopic (exact) mass is 288 g/mol. The molecule has 1 heterocycles. The molecule has 110 valence electrons. The zero-order valence-corrected chi connectivity index (χ0v) is 13.0. The van der Waals surface area contributed by atoms with Crippen LogP contribution in [0.3, 0.4) is 0 Å². The Balaban J connectivity index is 1.78. The SMILES string of the molecule is Cc1ccc(Cc2ccnc(Nc3ccccc3C)c2)cc1. The van der Waals surface area contributed by atoms with Gasteiger partial charge >= 0.3 is 0 Å². The highest BCUT2D eigenvalue weighted by molar-refractivity contribution is 5.60. The van der Waals surface area contributed by atoms with Crippen LogP contribution in [0, 0.1) is 13.8 Å². The predicted molar refractivity (Wildman–Crippen MR) is 92.7 cm³/mol. The van der Waals surface area contributed by atoms with Crippen molar-refractivity contribution in [3.05, 3.63) is 89.1 Å². The standard InChI is InChI=1S/C20H20N2/c1-15-7-9-17(10-8-15)13-18-11-12-21-20(14-18)22-19-6-4-3-5-16(19)2/h3-12,14H,13H2,1-2H3,(H,21,22). The molecule has 0 aliphatic heterocycles. The van der Waals surface area contributed by atoms with Gasteiger partial charge in [0.25, 0.3) is 0 Å². The van der Waals surface area contributed by atoms with E-state index in [1.54, 1.807) is 0 Å². The van der Waals surface area contributed by atoms with Crippen molar-refractivity contribution in [2.45, 2.75) is 20.3 Å². The van der Waals surface area contributed by atoms with Crippen molar-refractivity contribution in [2.24, 2.45) is 0 Å². The van der Waals surface area contributed by atoms with Crippen LogP contribution in [-0.2, 0) is 6.42 Å².